The number of aliphatic hydroxyl groups is 25. The van der Waals surface area contributed by atoms with Crippen LogP contribution in [-0.4, -0.2) is 448 Å². The first-order valence-corrected chi connectivity index (χ1v) is 48.5. The molecule has 8 heterocycles. The summed E-state index contributed by atoms with van der Waals surface area (Å²) in [5.41, 5.74) is -8.65. The molecule has 25 N–H and O–H groups in total. The van der Waals surface area contributed by atoms with Crippen LogP contribution in [-0.2, 0) is 99.6 Å². The third kappa shape index (κ3) is 22.0. The molecule has 0 amide bonds. The summed E-state index contributed by atoms with van der Waals surface area (Å²) in [7, 11) is 0. The molecular weight excluding hydrogens is 1880 g/mol. The molecule has 0 radical (unpaired) electrons. The van der Waals surface area contributed by atoms with Crippen molar-refractivity contribution < 1.29 is 227 Å². The van der Waals surface area contributed by atoms with E-state index in [-0.39, 0.29) is 61.5 Å². The molecular formula is C95H150O46. The number of rotatable bonds is 33. The molecule has 4 saturated carbocycles. The number of ether oxygens (including phenoxy) is 18. The zero-order valence-electron chi connectivity index (χ0n) is 81.2. The maximum absolute atomic E-state index is 16.8. The highest BCUT2D eigenvalue weighted by Crippen LogP contribution is 2.76. The molecule has 12 fully saturated rings. The van der Waals surface area contributed by atoms with Gasteiger partial charge in [-0.05, 0) is 145 Å². The number of esters is 3. The summed E-state index contributed by atoms with van der Waals surface area (Å²) in [4.78, 5) is 45.2. The highest BCUT2D eigenvalue weighted by atomic mass is 16.8. The standard InChI is InChI=1S/C95H150O46/c1-15-90(10,123)25-17-19-38(3)76(119)134-71-39(4)127-84(69(117)63(71)111)141-91(11,16-2)26-18-20-41(32-96)77(120)132-53-31-95(87(122)140-86-75(61(109)56(104)46(34-98)130-86)138-83-70(118)73(136-82-68(116)59(107)55(103)45(33-97)128-82)72(40(5)126-83)135-81-66(114)57(105)47(35-99)129-81)43(29-88(53,6)7)42-21-22-50-92(12)27-24-52(89(8,9)49(92)23-28-93(50,13)94(42,14)30-51(95)101)133-80-67(115)60(108)58(106)48(131-80)37-125-85-74(62(110)64(112)78(121)139-85)137-79-65(113)54(102)44(100)36-124-79/h15-16,19-21,39-40,43-75,78-86,96-118,121,123H,1-2,17-18,22-37H2,3-14H3/b38-19-,41-20-. The van der Waals surface area contributed by atoms with E-state index in [1.54, 1.807) is 33.8 Å². The van der Waals surface area contributed by atoms with Crippen LogP contribution in [0, 0.1) is 50.2 Å². The van der Waals surface area contributed by atoms with E-state index in [0.717, 1.165) is 0 Å². The molecule has 13 aliphatic rings. The molecule has 46 heteroatoms. The zero-order chi connectivity index (χ0) is 104. The summed E-state index contributed by atoms with van der Waals surface area (Å²) >= 11 is 0. The quantitative estimate of drug-likeness (QED) is 0.00956. The van der Waals surface area contributed by atoms with Gasteiger partial charge in [0, 0.05) is 17.4 Å². The fraction of sp³-hybridized carbons (Fsp3) is 0.863. The van der Waals surface area contributed by atoms with Crippen LogP contribution in [0.2, 0.25) is 0 Å². The van der Waals surface area contributed by atoms with E-state index in [1.165, 1.54) is 39.0 Å². The van der Waals surface area contributed by atoms with Gasteiger partial charge in [-0.15, -0.1) is 13.2 Å². The molecule has 0 bridgehead atoms. The van der Waals surface area contributed by atoms with Crippen molar-refractivity contribution >= 4 is 17.9 Å². The van der Waals surface area contributed by atoms with E-state index >= 15 is 9.59 Å². The first kappa shape index (κ1) is 114. The highest BCUT2D eigenvalue weighted by Gasteiger charge is 2.74. The van der Waals surface area contributed by atoms with Gasteiger partial charge < -0.3 is 213 Å². The summed E-state index contributed by atoms with van der Waals surface area (Å²) in [5, 5.41) is 279. The van der Waals surface area contributed by atoms with Gasteiger partial charge in [0.25, 0.3) is 0 Å². The molecule has 0 aromatic carbocycles. The normalized spacial score (nSPS) is 48.8. The fourth-order valence-electron chi connectivity index (χ4n) is 24.0. The fourth-order valence-corrected chi connectivity index (χ4v) is 24.0. The van der Waals surface area contributed by atoms with Gasteiger partial charge in [0.1, 0.15) is 164 Å². The Balaban J connectivity index is 0.777. The Hall–Kier alpha value is -4.49. The molecule has 141 heavy (non-hydrogen) atoms. The molecule has 806 valence electrons. The van der Waals surface area contributed by atoms with E-state index in [2.05, 4.69) is 33.1 Å². The van der Waals surface area contributed by atoms with Gasteiger partial charge in [0.05, 0.1) is 80.8 Å². The van der Waals surface area contributed by atoms with Crippen molar-refractivity contribution in [2.24, 2.45) is 50.2 Å². The lowest BCUT2D eigenvalue weighted by atomic mass is 9.33. The SMILES string of the molecule is C=CC(C)(O)CC/C=C(/C)C(=O)OC1C(C)OC(OC(C)(C=C)CC/C=C(/CO)C(=O)OC2CC3(C(=O)OC4OC(CO)C(O)C(O)C4OC4OC(C)C(OC5OC(CO)C(O)C5O)C(OC5OC(CO)C(O)C(O)C5O)C4O)C(O)CC4(C)C(=CCC5C6(C)CCC(OC7OC(COC8OC(O)C(O)C(O)C8OC8OCC(O)C(O)C8O)C(O)C(O)C7O)C(C)(C)C6CCC54C)C3CC2(C)C)C(O)C1O. The number of fused-ring (bicyclic) bond motifs is 7. The van der Waals surface area contributed by atoms with Gasteiger partial charge in [-0.2, -0.15) is 0 Å². The van der Waals surface area contributed by atoms with Crippen molar-refractivity contribution in [2.45, 2.75) is 423 Å². The first-order chi connectivity index (χ1) is 66.0. The number of carbonyl (C=O) groups excluding carboxylic acids is 3. The van der Waals surface area contributed by atoms with Crippen LogP contribution in [0.25, 0.3) is 0 Å². The average Bonchev–Trinajstić information content (AvgIpc) is 0.785. The van der Waals surface area contributed by atoms with Gasteiger partial charge in [-0.25, -0.2) is 9.59 Å². The number of aliphatic hydroxyl groups excluding tert-OH is 24. The van der Waals surface area contributed by atoms with Crippen LogP contribution < -0.4 is 0 Å². The molecule has 50 unspecified atom stereocenters. The van der Waals surface area contributed by atoms with E-state index < -0.39 is 366 Å². The number of hydrogen-bond donors (Lipinski definition) is 25. The highest BCUT2D eigenvalue weighted by molar-refractivity contribution is 5.89. The largest absolute Gasteiger partial charge is 0.458 e. The van der Waals surface area contributed by atoms with Crippen LogP contribution in [0.15, 0.2) is 60.3 Å². The Labute approximate surface area is 815 Å². The van der Waals surface area contributed by atoms with Crippen molar-refractivity contribution in [1.82, 2.24) is 0 Å². The van der Waals surface area contributed by atoms with E-state index in [9.17, 15) is 132 Å². The predicted molar refractivity (Wildman–Crippen MR) is 473 cm³/mol. The third-order valence-corrected chi connectivity index (χ3v) is 33.2. The lowest BCUT2D eigenvalue weighted by Gasteiger charge is -2.72. The average molecular weight is 2030 g/mol. The topological polar surface area (TPSA) is 723 Å². The number of allylic oxidation sites excluding steroid dienone is 4. The Bertz CT molecular complexity index is 4330. The monoisotopic (exact) mass is 2030 g/mol. The van der Waals surface area contributed by atoms with E-state index in [4.69, 9.17) is 85.3 Å². The van der Waals surface area contributed by atoms with Gasteiger partial charge in [0.2, 0.25) is 6.29 Å². The Morgan fingerprint density at radius 1 is 0.475 bits per heavy atom. The second kappa shape index (κ2) is 44.6. The number of carbonyl (C=O) groups is 3. The summed E-state index contributed by atoms with van der Waals surface area (Å²) in [6.45, 7) is 24.0. The van der Waals surface area contributed by atoms with E-state index in [1.807, 2.05) is 20.8 Å². The van der Waals surface area contributed by atoms with Gasteiger partial charge >= 0.3 is 17.9 Å². The summed E-state index contributed by atoms with van der Waals surface area (Å²) in [6.07, 6.45) is -64.2. The van der Waals surface area contributed by atoms with Crippen molar-refractivity contribution in [3.63, 3.8) is 0 Å². The third-order valence-electron chi connectivity index (χ3n) is 33.2. The van der Waals surface area contributed by atoms with Crippen molar-refractivity contribution in [2.75, 3.05) is 39.6 Å². The molecule has 13 rings (SSSR count). The molecule has 0 aromatic heterocycles. The van der Waals surface area contributed by atoms with Crippen molar-refractivity contribution in [3.8, 4) is 0 Å². The molecule has 0 spiro atoms. The second-order valence-electron chi connectivity index (χ2n) is 43.1. The molecule has 46 nitrogen and oxygen atoms in total. The van der Waals surface area contributed by atoms with Crippen LogP contribution in [0.1, 0.15) is 160 Å². The molecule has 50 atom stereocenters. The van der Waals surface area contributed by atoms with Crippen molar-refractivity contribution in [3.05, 3.63) is 60.3 Å². The van der Waals surface area contributed by atoms with E-state index in [0.29, 0.717) is 37.7 Å². The Morgan fingerprint density at radius 2 is 0.986 bits per heavy atom. The molecule has 0 aromatic rings. The molecule has 8 aliphatic heterocycles. The van der Waals surface area contributed by atoms with Crippen LogP contribution in [0.4, 0.5) is 0 Å². The first-order valence-electron chi connectivity index (χ1n) is 48.5. The summed E-state index contributed by atoms with van der Waals surface area (Å²) in [5.74, 6) is -4.64. The predicted octanol–water partition coefficient (Wildman–Crippen LogP) is -6.10. The van der Waals surface area contributed by atoms with Crippen LogP contribution in [0.5, 0.6) is 0 Å². The maximum Gasteiger partial charge on any atom is 0.336 e. The lowest BCUT2D eigenvalue weighted by Crippen LogP contribution is -2.70. The maximum atomic E-state index is 16.8. The second-order valence-corrected chi connectivity index (χ2v) is 43.1. The zero-order valence-corrected chi connectivity index (χ0v) is 81.2. The molecule has 8 saturated heterocycles. The Morgan fingerprint density at radius 3 is 1.60 bits per heavy atom. The van der Waals surface area contributed by atoms with Gasteiger partial charge in [0.15, 0.2) is 62.5 Å². The minimum Gasteiger partial charge on any atom is -0.458 e. The summed E-state index contributed by atoms with van der Waals surface area (Å²) in [6, 6.07) is 0. The van der Waals surface area contributed by atoms with Crippen LogP contribution >= 0.6 is 0 Å². The minimum absolute atomic E-state index is 0.0316. The number of hydrogen-bond acceptors (Lipinski definition) is 46. The Kier molecular flexibility index (Phi) is 35.9. The summed E-state index contributed by atoms with van der Waals surface area (Å²) < 4.78 is 109. The van der Waals surface area contributed by atoms with Crippen LogP contribution in [0.3, 0.4) is 0 Å². The van der Waals surface area contributed by atoms with Gasteiger partial charge in [-0.3, -0.25) is 4.79 Å². The van der Waals surface area contributed by atoms with Crippen molar-refractivity contribution in [1.29, 1.82) is 0 Å². The lowest BCUT2D eigenvalue weighted by molar-refractivity contribution is -0.390. The van der Waals surface area contributed by atoms with Gasteiger partial charge in [-0.1, -0.05) is 84.4 Å². The minimum atomic E-state index is -2.29. The molecule has 5 aliphatic carbocycles. The smallest absolute Gasteiger partial charge is 0.336 e.